The second-order valence-corrected chi connectivity index (χ2v) is 3.37. The van der Waals surface area contributed by atoms with Gasteiger partial charge in [-0.15, -0.1) is 0 Å². The van der Waals surface area contributed by atoms with Crippen molar-refractivity contribution in [2.45, 2.75) is 6.18 Å². The van der Waals surface area contributed by atoms with Crippen LogP contribution in [0.3, 0.4) is 0 Å². The Morgan fingerprint density at radius 1 is 1.00 bits per heavy atom. The van der Waals surface area contributed by atoms with Crippen LogP contribution in [0.5, 0.6) is 0 Å². The largest absolute Gasteiger partial charge is 0.422 e. The highest BCUT2D eigenvalue weighted by Gasteiger charge is 2.41. The molecule has 0 unspecified atom stereocenters. The fourth-order valence-electron chi connectivity index (χ4n) is 0.979. The van der Waals surface area contributed by atoms with Crippen LogP contribution in [0.4, 0.5) is 22.0 Å². The quantitative estimate of drug-likeness (QED) is 0.515. The van der Waals surface area contributed by atoms with E-state index in [9.17, 15) is 22.0 Å². The van der Waals surface area contributed by atoms with Crippen molar-refractivity contribution in [1.82, 2.24) is 0 Å². The topological polar surface area (TPSA) is 23.8 Å². The lowest BCUT2D eigenvalue weighted by Crippen LogP contribution is -2.13. The minimum absolute atomic E-state index is 0.869. The predicted octanol–water partition coefficient (Wildman–Crippen LogP) is 4.16. The summed E-state index contributed by atoms with van der Waals surface area (Å²) in [6, 6.07) is 1.21. The van der Waals surface area contributed by atoms with E-state index in [2.05, 4.69) is 0 Å². The fraction of sp³-hybridized carbons (Fsp3) is 0.125. The minimum Gasteiger partial charge on any atom is -0.205 e. The monoisotopic (exact) mass is 275 g/mol. The molecule has 0 atom stereocenters. The summed E-state index contributed by atoms with van der Waals surface area (Å²) in [5.41, 5.74) is -3.08. The van der Waals surface area contributed by atoms with Crippen molar-refractivity contribution in [3.05, 3.63) is 32.8 Å². The predicted molar refractivity (Wildman–Crippen MR) is 46.1 cm³/mol. The molecule has 0 N–H and O–H groups in total. The van der Waals surface area contributed by atoms with Gasteiger partial charge in [-0.1, -0.05) is 23.2 Å². The van der Waals surface area contributed by atoms with Crippen molar-refractivity contribution in [2.75, 3.05) is 0 Å². The molecular formula is C8Cl2F5N. The van der Waals surface area contributed by atoms with Crippen LogP contribution in [-0.4, -0.2) is 0 Å². The first-order valence-corrected chi connectivity index (χ1v) is 4.30. The highest BCUT2D eigenvalue weighted by molar-refractivity contribution is 6.36. The Morgan fingerprint density at radius 3 is 1.62 bits per heavy atom. The zero-order chi connectivity index (χ0) is 12.7. The van der Waals surface area contributed by atoms with Gasteiger partial charge in [-0.3, -0.25) is 0 Å². The van der Waals surface area contributed by atoms with Gasteiger partial charge in [0.15, 0.2) is 11.6 Å². The summed E-state index contributed by atoms with van der Waals surface area (Å²) < 4.78 is 62.8. The van der Waals surface area contributed by atoms with Gasteiger partial charge < -0.3 is 0 Å². The fourth-order valence-corrected chi connectivity index (χ4v) is 1.49. The lowest BCUT2D eigenvalue weighted by atomic mass is 10.1. The maximum absolute atomic E-state index is 13.1. The Balaban J connectivity index is 3.76. The third-order valence-electron chi connectivity index (χ3n) is 1.66. The van der Waals surface area contributed by atoms with Crippen molar-refractivity contribution in [3.63, 3.8) is 0 Å². The van der Waals surface area contributed by atoms with E-state index in [1.165, 1.54) is 6.07 Å². The molecule has 0 aromatic heterocycles. The summed E-state index contributed by atoms with van der Waals surface area (Å²) in [4.78, 5) is 0. The van der Waals surface area contributed by atoms with Gasteiger partial charge in [-0.2, -0.15) is 18.4 Å². The molecule has 1 rings (SSSR count). The molecule has 0 bridgehead atoms. The van der Waals surface area contributed by atoms with Crippen molar-refractivity contribution >= 4 is 23.2 Å². The normalized spacial score (nSPS) is 11.4. The molecule has 0 saturated heterocycles. The second-order valence-electron chi connectivity index (χ2n) is 2.62. The molecule has 0 amide bonds. The number of hydrogen-bond donors (Lipinski definition) is 0. The van der Waals surface area contributed by atoms with Crippen LogP contribution in [0.25, 0.3) is 0 Å². The van der Waals surface area contributed by atoms with E-state index in [1.54, 1.807) is 0 Å². The van der Waals surface area contributed by atoms with Gasteiger partial charge in [-0.05, 0) is 0 Å². The first-order chi connectivity index (χ1) is 7.21. The van der Waals surface area contributed by atoms with Crippen molar-refractivity contribution < 1.29 is 22.0 Å². The van der Waals surface area contributed by atoms with Crippen molar-refractivity contribution in [3.8, 4) is 6.07 Å². The lowest BCUT2D eigenvalue weighted by Gasteiger charge is -2.12. The molecule has 0 radical (unpaired) electrons. The zero-order valence-electron chi connectivity index (χ0n) is 7.09. The highest BCUT2D eigenvalue weighted by Crippen LogP contribution is 2.40. The number of benzene rings is 1. The van der Waals surface area contributed by atoms with E-state index in [1.807, 2.05) is 0 Å². The molecule has 86 valence electrons. The van der Waals surface area contributed by atoms with Crippen LogP contribution in [-0.2, 0) is 6.18 Å². The molecule has 1 aromatic carbocycles. The number of nitrogens with zero attached hydrogens (tertiary/aromatic N) is 1. The van der Waals surface area contributed by atoms with Gasteiger partial charge in [0.1, 0.15) is 11.6 Å². The van der Waals surface area contributed by atoms with Gasteiger partial charge in [0.2, 0.25) is 0 Å². The van der Waals surface area contributed by atoms with Crippen LogP contribution in [0.1, 0.15) is 11.1 Å². The maximum atomic E-state index is 13.1. The van der Waals surface area contributed by atoms with E-state index in [-0.39, 0.29) is 0 Å². The summed E-state index contributed by atoms with van der Waals surface area (Å²) in [7, 11) is 0. The van der Waals surface area contributed by atoms with Crippen LogP contribution in [0.2, 0.25) is 10.0 Å². The second kappa shape index (κ2) is 4.07. The first kappa shape index (κ1) is 13.0. The summed E-state index contributed by atoms with van der Waals surface area (Å²) in [5.74, 6) is -4.10. The van der Waals surface area contributed by atoms with Gasteiger partial charge in [0, 0.05) is 0 Å². The summed E-state index contributed by atoms with van der Waals surface area (Å²) in [6.07, 6.45) is -5.28. The molecule has 0 fully saturated rings. The molecule has 0 aliphatic carbocycles. The van der Waals surface area contributed by atoms with Crippen LogP contribution in [0.15, 0.2) is 0 Å². The third-order valence-corrected chi connectivity index (χ3v) is 2.37. The Morgan fingerprint density at radius 2 is 1.38 bits per heavy atom. The lowest BCUT2D eigenvalue weighted by molar-refractivity contribution is -0.142. The molecule has 0 saturated carbocycles. The first-order valence-electron chi connectivity index (χ1n) is 3.55. The van der Waals surface area contributed by atoms with Crippen molar-refractivity contribution in [2.24, 2.45) is 0 Å². The number of rotatable bonds is 0. The van der Waals surface area contributed by atoms with Gasteiger partial charge in [0.25, 0.3) is 0 Å². The average Bonchev–Trinajstić information content (AvgIpc) is 2.14. The molecule has 0 spiro atoms. The molecule has 1 nitrogen and oxygen atoms in total. The molecular weight excluding hydrogens is 276 g/mol. The number of alkyl halides is 3. The van der Waals surface area contributed by atoms with Gasteiger partial charge in [-0.25, -0.2) is 8.78 Å². The van der Waals surface area contributed by atoms with E-state index >= 15 is 0 Å². The van der Waals surface area contributed by atoms with Gasteiger partial charge in [0.05, 0.1) is 15.6 Å². The zero-order valence-corrected chi connectivity index (χ0v) is 8.60. The van der Waals surface area contributed by atoms with E-state index in [0.717, 1.165) is 0 Å². The SMILES string of the molecule is N#Cc1c(Cl)c(F)c(C(F)(F)F)c(F)c1Cl. The molecule has 0 aliphatic heterocycles. The number of hydrogen-bond acceptors (Lipinski definition) is 1. The molecule has 8 heteroatoms. The van der Waals surface area contributed by atoms with Crippen LogP contribution in [0, 0.1) is 23.0 Å². The van der Waals surface area contributed by atoms with Gasteiger partial charge >= 0.3 is 6.18 Å². The van der Waals surface area contributed by atoms with Crippen LogP contribution >= 0.6 is 23.2 Å². The summed E-state index contributed by atoms with van der Waals surface area (Å²) in [5, 5.41) is 6.11. The molecule has 1 aromatic rings. The molecule has 0 heterocycles. The maximum Gasteiger partial charge on any atom is 0.422 e. The highest BCUT2D eigenvalue weighted by atomic mass is 35.5. The average molecular weight is 276 g/mol. The van der Waals surface area contributed by atoms with E-state index < -0.39 is 39.0 Å². The van der Waals surface area contributed by atoms with E-state index in [0.29, 0.717) is 0 Å². The summed E-state index contributed by atoms with van der Waals surface area (Å²) in [6.45, 7) is 0. The Kier molecular flexibility index (Phi) is 3.31. The Hall–Kier alpha value is -1.06. The van der Waals surface area contributed by atoms with Crippen LogP contribution < -0.4 is 0 Å². The minimum atomic E-state index is -5.28. The number of nitriles is 1. The summed E-state index contributed by atoms with van der Waals surface area (Å²) >= 11 is 10.3. The number of halogens is 7. The molecule has 0 aliphatic rings. The Labute approximate surface area is 96.0 Å². The third kappa shape index (κ3) is 1.93. The van der Waals surface area contributed by atoms with Crippen molar-refractivity contribution in [1.29, 1.82) is 5.26 Å². The Bertz CT molecular complexity index is 460. The van der Waals surface area contributed by atoms with E-state index in [4.69, 9.17) is 28.5 Å². The smallest absolute Gasteiger partial charge is 0.205 e. The standard InChI is InChI=1S/C8Cl2F5N/c9-4-2(1-16)5(10)7(12)3(6(4)11)8(13,14)15. The molecule has 16 heavy (non-hydrogen) atoms.